The summed E-state index contributed by atoms with van der Waals surface area (Å²) in [6.07, 6.45) is 7.84. The van der Waals surface area contributed by atoms with Gasteiger partial charge in [0.25, 0.3) is 0 Å². The lowest BCUT2D eigenvalue weighted by Crippen LogP contribution is -2.36. The molecule has 0 bridgehead atoms. The minimum absolute atomic E-state index is 0.0561. The highest BCUT2D eigenvalue weighted by Gasteiger charge is 2.37. The molecule has 0 unspecified atom stereocenters. The van der Waals surface area contributed by atoms with Gasteiger partial charge in [-0.3, -0.25) is 4.79 Å². The number of aromatic nitrogens is 1. The minimum Gasteiger partial charge on any atom is -0.454 e. The Morgan fingerprint density at radius 1 is 0.974 bits per heavy atom. The van der Waals surface area contributed by atoms with Crippen LogP contribution in [0.5, 0.6) is 11.5 Å². The van der Waals surface area contributed by atoms with E-state index in [-0.39, 0.29) is 23.5 Å². The highest BCUT2D eigenvalue weighted by molar-refractivity contribution is 7.10. The number of amides is 1. The molecule has 198 valence electrons. The molecule has 3 aromatic rings. The first kappa shape index (κ1) is 25.2. The van der Waals surface area contributed by atoms with Crippen molar-refractivity contribution in [2.45, 2.75) is 70.1 Å². The number of carbonyl (C=O) groups is 1. The van der Waals surface area contributed by atoms with Crippen LogP contribution in [0.25, 0.3) is 17.3 Å². The Kier molecular flexibility index (Phi) is 6.34. The van der Waals surface area contributed by atoms with Crippen molar-refractivity contribution >= 4 is 23.3 Å². The van der Waals surface area contributed by atoms with Crippen LogP contribution in [0.15, 0.2) is 47.9 Å². The number of hydrogen-bond donors (Lipinski definition) is 0. The molecule has 1 aliphatic carbocycles. The van der Waals surface area contributed by atoms with E-state index in [0.29, 0.717) is 5.92 Å². The molecule has 3 aliphatic rings. The molecule has 6 heteroatoms. The lowest BCUT2D eigenvalue weighted by atomic mass is 9.63. The average Bonchev–Trinajstić information content (AvgIpc) is 3.60. The van der Waals surface area contributed by atoms with Gasteiger partial charge >= 0.3 is 0 Å². The van der Waals surface area contributed by atoms with Crippen LogP contribution in [-0.4, -0.2) is 35.7 Å². The van der Waals surface area contributed by atoms with Crippen LogP contribution in [-0.2, 0) is 15.6 Å². The molecule has 0 radical (unpaired) electrons. The summed E-state index contributed by atoms with van der Waals surface area (Å²) in [6.45, 7) is 11.2. The molecule has 0 atom stereocenters. The van der Waals surface area contributed by atoms with E-state index < -0.39 is 0 Å². The molecule has 0 saturated carbocycles. The predicted molar refractivity (Wildman–Crippen MR) is 153 cm³/mol. The van der Waals surface area contributed by atoms with Gasteiger partial charge in [0.2, 0.25) is 12.7 Å². The van der Waals surface area contributed by atoms with Crippen molar-refractivity contribution in [1.29, 1.82) is 0 Å². The molecule has 1 aromatic heterocycles. The topological polar surface area (TPSA) is 51.7 Å². The van der Waals surface area contributed by atoms with Crippen molar-refractivity contribution < 1.29 is 14.3 Å². The monoisotopic (exact) mass is 528 g/mol. The third-order valence-corrected chi connectivity index (χ3v) is 9.65. The molecule has 0 N–H and O–H groups in total. The van der Waals surface area contributed by atoms with E-state index >= 15 is 0 Å². The van der Waals surface area contributed by atoms with Crippen LogP contribution in [0.3, 0.4) is 0 Å². The Labute approximate surface area is 229 Å². The SMILES string of the molecule is CC1(C)CCC(C)(C)c2cc(-c3csc(C4CCN(C(=O)C=Cc5ccc6c(c5)OCO6)CC4)n3)ccc21. The number of ether oxygens (including phenoxy) is 2. The number of fused-ring (bicyclic) bond motifs is 2. The van der Waals surface area contributed by atoms with Crippen LogP contribution in [0, 0.1) is 0 Å². The molecular formula is C32H36N2O3S. The van der Waals surface area contributed by atoms with E-state index in [9.17, 15) is 4.79 Å². The van der Waals surface area contributed by atoms with Gasteiger partial charge in [-0.2, -0.15) is 0 Å². The summed E-state index contributed by atoms with van der Waals surface area (Å²) >= 11 is 1.76. The maximum Gasteiger partial charge on any atom is 0.246 e. The second-order valence-electron chi connectivity index (χ2n) is 12.1. The van der Waals surface area contributed by atoms with Gasteiger partial charge in [0, 0.05) is 36.0 Å². The van der Waals surface area contributed by atoms with Gasteiger partial charge in [0.05, 0.1) is 10.7 Å². The molecule has 38 heavy (non-hydrogen) atoms. The summed E-state index contributed by atoms with van der Waals surface area (Å²) in [6, 6.07) is 12.7. The fourth-order valence-electron chi connectivity index (χ4n) is 5.99. The highest BCUT2D eigenvalue weighted by Crippen LogP contribution is 2.47. The van der Waals surface area contributed by atoms with Gasteiger partial charge in [0.1, 0.15) is 0 Å². The Morgan fingerprint density at radius 2 is 1.71 bits per heavy atom. The summed E-state index contributed by atoms with van der Waals surface area (Å²) in [7, 11) is 0. The average molecular weight is 529 g/mol. The number of benzene rings is 2. The molecule has 2 aromatic carbocycles. The van der Waals surface area contributed by atoms with Crippen LogP contribution in [0.4, 0.5) is 0 Å². The number of rotatable bonds is 4. The zero-order valence-electron chi connectivity index (χ0n) is 22.8. The number of hydrogen-bond acceptors (Lipinski definition) is 5. The normalized spacial score (nSPS) is 20.1. The number of carbonyl (C=O) groups excluding carboxylic acids is 1. The molecule has 1 fully saturated rings. The first-order chi connectivity index (χ1) is 18.2. The fraction of sp³-hybridized carbons (Fsp3) is 0.438. The number of nitrogens with zero attached hydrogens (tertiary/aromatic N) is 2. The standard InChI is InChI=1S/C32H36N2O3S/c1-31(2)13-14-32(3,4)25-18-23(7-8-24(25)31)26-19-38-30(33-26)22-11-15-34(16-12-22)29(35)10-6-21-5-9-27-28(17-21)37-20-36-27/h5-10,17-19,22H,11-16,20H2,1-4H3. The van der Waals surface area contributed by atoms with E-state index in [1.165, 1.54) is 34.5 Å². The van der Waals surface area contributed by atoms with Gasteiger partial charge < -0.3 is 14.4 Å². The van der Waals surface area contributed by atoms with Crippen molar-refractivity contribution in [3.63, 3.8) is 0 Å². The second kappa shape index (κ2) is 9.57. The van der Waals surface area contributed by atoms with Crippen molar-refractivity contribution in [3.05, 3.63) is 69.6 Å². The lowest BCUT2D eigenvalue weighted by molar-refractivity contribution is -0.126. The molecule has 1 amide bonds. The maximum atomic E-state index is 12.8. The van der Waals surface area contributed by atoms with Crippen LogP contribution in [0.1, 0.15) is 81.0 Å². The van der Waals surface area contributed by atoms with Crippen LogP contribution in [0.2, 0.25) is 0 Å². The van der Waals surface area contributed by atoms with Crippen molar-refractivity contribution in [2.24, 2.45) is 0 Å². The molecule has 2 aliphatic heterocycles. The second-order valence-corrected chi connectivity index (χ2v) is 13.0. The molecule has 5 nitrogen and oxygen atoms in total. The Morgan fingerprint density at radius 3 is 2.50 bits per heavy atom. The predicted octanol–water partition coefficient (Wildman–Crippen LogP) is 7.31. The van der Waals surface area contributed by atoms with Crippen molar-refractivity contribution in [3.8, 4) is 22.8 Å². The third-order valence-electron chi connectivity index (χ3n) is 8.64. The summed E-state index contributed by atoms with van der Waals surface area (Å²) in [5.74, 6) is 1.94. The Balaban J connectivity index is 1.10. The van der Waals surface area contributed by atoms with E-state index in [1.807, 2.05) is 29.2 Å². The van der Waals surface area contributed by atoms with Gasteiger partial charge in [0.15, 0.2) is 11.5 Å². The molecule has 6 rings (SSSR count). The van der Waals surface area contributed by atoms with E-state index in [4.69, 9.17) is 14.5 Å². The Bertz CT molecular complexity index is 1400. The van der Waals surface area contributed by atoms with Crippen LogP contribution >= 0.6 is 11.3 Å². The van der Waals surface area contributed by atoms with Gasteiger partial charge in [-0.1, -0.05) is 45.9 Å². The largest absolute Gasteiger partial charge is 0.454 e. The zero-order valence-corrected chi connectivity index (χ0v) is 23.6. The highest BCUT2D eigenvalue weighted by atomic mass is 32.1. The minimum atomic E-state index is 0.0561. The van der Waals surface area contributed by atoms with E-state index in [1.54, 1.807) is 17.4 Å². The fourth-order valence-corrected chi connectivity index (χ4v) is 6.99. The van der Waals surface area contributed by atoms with Crippen molar-refractivity contribution in [1.82, 2.24) is 9.88 Å². The summed E-state index contributed by atoms with van der Waals surface area (Å²) in [5.41, 5.74) is 6.61. The van der Waals surface area contributed by atoms with E-state index in [0.717, 1.165) is 48.7 Å². The quantitative estimate of drug-likeness (QED) is 0.333. The summed E-state index contributed by atoms with van der Waals surface area (Å²) in [5, 5.41) is 3.41. The first-order valence-corrected chi connectivity index (χ1v) is 14.6. The Hall–Kier alpha value is -3.12. The van der Waals surface area contributed by atoms with Gasteiger partial charge in [-0.15, -0.1) is 11.3 Å². The molecule has 1 saturated heterocycles. The third kappa shape index (κ3) is 4.75. The number of likely N-dealkylation sites (tertiary alicyclic amines) is 1. The van der Waals surface area contributed by atoms with Gasteiger partial charge in [-0.05, 0) is 77.5 Å². The molecular weight excluding hydrogens is 492 g/mol. The lowest BCUT2D eigenvalue weighted by Gasteiger charge is -2.42. The smallest absolute Gasteiger partial charge is 0.246 e. The van der Waals surface area contributed by atoms with Crippen LogP contribution < -0.4 is 9.47 Å². The molecule has 3 heterocycles. The first-order valence-electron chi connectivity index (χ1n) is 13.7. The zero-order chi connectivity index (χ0) is 26.5. The maximum absolute atomic E-state index is 12.8. The summed E-state index contributed by atoms with van der Waals surface area (Å²) < 4.78 is 10.8. The van der Waals surface area contributed by atoms with Gasteiger partial charge in [-0.25, -0.2) is 4.98 Å². The van der Waals surface area contributed by atoms with Crippen molar-refractivity contribution in [2.75, 3.05) is 19.9 Å². The number of piperidine rings is 1. The summed E-state index contributed by atoms with van der Waals surface area (Å²) in [4.78, 5) is 19.9. The molecule has 0 spiro atoms. The van der Waals surface area contributed by atoms with E-state index in [2.05, 4.69) is 51.3 Å². The number of thiazole rings is 1.